The van der Waals surface area contributed by atoms with Crippen molar-refractivity contribution in [2.75, 3.05) is 32.7 Å². The molecule has 7 heteroatoms. The number of amides is 2. The lowest BCUT2D eigenvalue weighted by molar-refractivity contribution is -0.134. The number of nitrogens with one attached hydrogen (secondary N) is 1. The molecule has 0 aliphatic carbocycles. The molecule has 1 aromatic rings. The fourth-order valence-corrected chi connectivity index (χ4v) is 2.18. The van der Waals surface area contributed by atoms with Crippen molar-refractivity contribution < 1.29 is 14.1 Å². The molecule has 0 aromatic carbocycles. The molecule has 1 aliphatic rings. The van der Waals surface area contributed by atoms with Crippen molar-refractivity contribution in [2.24, 2.45) is 0 Å². The van der Waals surface area contributed by atoms with Crippen LogP contribution in [0.15, 0.2) is 10.6 Å². The van der Waals surface area contributed by atoms with Gasteiger partial charge in [-0.1, -0.05) is 5.16 Å². The minimum atomic E-state index is -0.183. The van der Waals surface area contributed by atoms with Gasteiger partial charge in [0.15, 0.2) is 5.76 Å². The van der Waals surface area contributed by atoms with E-state index < -0.39 is 0 Å². The van der Waals surface area contributed by atoms with Gasteiger partial charge in [0.2, 0.25) is 11.8 Å². The highest BCUT2D eigenvalue weighted by atomic mass is 16.5. The Morgan fingerprint density at radius 1 is 1.35 bits per heavy atom. The molecule has 1 saturated heterocycles. The molecule has 2 rings (SSSR count). The molecular formula is C13H20N4O3. The normalized spacial score (nSPS) is 16.2. The van der Waals surface area contributed by atoms with E-state index in [2.05, 4.69) is 15.4 Å². The summed E-state index contributed by atoms with van der Waals surface area (Å²) in [5.74, 6) is 0.633. The Balaban J connectivity index is 1.74. The van der Waals surface area contributed by atoms with Crippen LogP contribution in [0.3, 0.4) is 0 Å². The summed E-state index contributed by atoms with van der Waals surface area (Å²) in [7, 11) is 0. The van der Waals surface area contributed by atoms with Gasteiger partial charge in [0.1, 0.15) is 0 Å². The van der Waals surface area contributed by atoms with Crippen LogP contribution in [0.25, 0.3) is 0 Å². The van der Waals surface area contributed by atoms with Gasteiger partial charge in [0.25, 0.3) is 0 Å². The molecule has 20 heavy (non-hydrogen) atoms. The highest BCUT2D eigenvalue weighted by molar-refractivity contribution is 5.83. The van der Waals surface area contributed by atoms with Crippen LogP contribution >= 0.6 is 0 Å². The summed E-state index contributed by atoms with van der Waals surface area (Å²) in [6.45, 7) is 7.04. The lowest BCUT2D eigenvalue weighted by Gasteiger charge is -2.34. The van der Waals surface area contributed by atoms with Crippen LogP contribution in [-0.4, -0.2) is 59.5 Å². The quantitative estimate of drug-likeness (QED) is 0.824. The van der Waals surface area contributed by atoms with Gasteiger partial charge in [-0.3, -0.25) is 14.5 Å². The lowest BCUT2D eigenvalue weighted by atomic mass is 10.3. The summed E-state index contributed by atoms with van der Waals surface area (Å²) in [4.78, 5) is 26.6. The van der Waals surface area contributed by atoms with Gasteiger partial charge < -0.3 is 14.7 Å². The van der Waals surface area contributed by atoms with Crippen molar-refractivity contribution in [1.82, 2.24) is 20.3 Å². The predicted octanol–water partition coefficient (Wildman–Crippen LogP) is -0.237. The maximum atomic E-state index is 11.8. The smallest absolute Gasteiger partial charge is 0.242 e. The zero-order chi connectivity index (χ0) is 14.5. The Morgan fingerprint density at radius 2 is 2.05 bits per heavy atom. The van der Waals surface area contributed by atoms with Gasteiger partial charge in [-0.05, 0) is 6.92 Å². The summed E-state index contributed by atoms with van der Waals surface area (Å²) in [5, 5.41) is 6.39. The number of carbonyl (C=O) groups is 2. The number of aryl methyl sites for hydroxylation is 1. The van der Waals surface area contributed by atoms with E-state index in [-0.39, 0.29) is 18.4 Å². The maximum absolute atomic E-state index is 11.8. The third-order valence-electron chi connectivity index (χ3n) is 3.27. The fraction of sp³-hybridized carbons (Fsp3) is 0.615. The van der Waals surface area contributed by atoms with Crippen LogP contribution in [0.1, 0.15) is 18.4 Å². The molecule has 1 N–H and O–H groups in total. The number of nitrogens with zero attached hydrogens (tertiary/aromatic N) is 3. The molecule has 0 spiro atoms. The largest absolute Gasteiger partial charge is 0.360 e. The van der Waals surface area contributed by atoms with Crippen LogP contribution in [-0.2, 0) is 16.1 Å². The highest BCUT2D eigenvalue weighted by Gasteiger charge is 2.21. The van der Waals surface area contributed by atoms with Crippen molar-refractivity contribution in [3.05, 3.63) is 17.5 Å². The molecule has 110 valence electrons. The summed E-state index contributed by atoms with van der Waals surface area (Å²) < 4.78 is 5.19. The van der Waals surface area contributed by atoms with E-state index in [1.165, 1.54) is 6.92 Å². The SMILES string of the molecule is CC(=O)NCC(=O)N1CCN(Cc2cc(C)no2)CC1. The highest BCUT2D eigenvalue weighted by Crippen LogP contribution is 2.09. The first-order valence-corrected chi connectivity index (χ1v) is 6.71. The number of piperazine rings is 1. The molecule has 2 amide bonds. The molecule has 1 fully saturated rings. The van der Waals surface area contributed by atoms with Crippen LogP contribution in [0, 0.1) is 6.92 Å². The van der Waals surface area contributed by atoms with Crippen LogP contribution in [0.5, 0.6) is 0 Å². The van der Waals surface area contributed by atoms with Gasteiger partial charge >= 0.3 is 0 Å². The molecule has 1 aromatic heterocycles. The average molecular weight is 280 g/mol. The van der Waals surface area contributed by atoms with Gasteiger partial charge in [-0.25, -0.2) is 0 Å². The lowest BCUT2D eigenvalue weighted by Crippen LogP contribution is -2.50. The van der Waals surface area contributed by atoms with Crippen LogP contribution in [0.4, 0.5) is 0 Å². The first-order chi connectivity index (χ1) is 9.54. The van der Waals surface area contributed by atoms with E-state index in [0.717, 1.165) is 24.5 Å². The van der Waals surface area contributed by atoms with Crippen molar-refractivity contribution in [1.29, 1.82) is 0 Å². The van der Waals surface area contributed by atoms with Gasteiger partial charge in [-0.15, -0.1) is 0 Å². The Morgan fingerprint density at radius 3 is 2.60 bits per heavy atom. The third kappa shape index (κ3) is 4.06. The zero-order valence-electron chi connectivity index (χ0n) is 11.9. The molecule has 0 atom stereocenters. The van der Waals surface area contributed by atoms with Gasteiger partial charge in [-0.2, -0.15) is 0 Å². The van der Waals surface area contributed by atoms with Crippen molar-refractivity contribution in [3.8, 4) is 0 Å². The Hall–Kier alpha value is -1.89. The molecular weight excluding hydrogens is 260 g/mol. The molecule has 0 saturated carbocycles. The van der Waals surface area contributed by atoms with Crippen LogP contribution in [0.2, 0.25) is 0 Å². The monoisotopic (exact) mass is 280 g/mol. The number of aromatic nitrogens is 1. The van der Waals surface area contributed by atoms with Crippen molar-refractivity contribution >= 4 is 11.8 Å². The second-order valence-electron chi connectivity index (χ2n) is 5.00. The van der Waals surface area contributed by atoms with Crippen molar-refractivity contribution in [3.63, 3.8) is 0 Å². The van der Waals surface area contributed by atoms with Crippen molar-refractivity contribution in [2.45, 2.75) is 20.4 Å². The Kier molecular flexibility index (Phi) is 4.73. The van der Waals surface area contributed by atoms with E-state index in [1.807, 2.05) is 13.0 Å². The van der Waals surface area contributed by atoms with E-state index in [4.69, 9.17) is 4.52 Å². The predicted molar refractivity (Wildman–Crippen MR) is 71.8 cm³/mol. The summed E-state index contributed by atoms with van der Waals surface area (Å²) in [5.41, 5.74) is 0.879. The molecule has 1 aliphatic heterocycles. The topological polar surface area (TPSA) is 78.7 Å². The Labute approximate surface area is 117 Å². The third-order valence-corrected chi connectivity index (χ3v) is 3.27. The van der Waals surface area contributed by atoms with Crippen LogP contribution < -0.4 is 5.32 Å². The van der Waals surface area contributed by atoms with E-state index in [0.29, 0.717) is 19.6 Å². The molecule has 0 radical (unpaired) electrons. The second-order valence-corrected chi connectivity index (χ2v) is 5.00. The first kappa shape index (κ1) is 14.5. The summed E-state index contributed by atoms with van der Waals surface area (Å²) in [6, 6.07) is 1.92. The van der Waals surface area contributed by atoms with E-state index in [1.54, 1.807) is 4.90 Å². The number of rotatable bonds is 4. The van der Waals surface area contributed by atoms with Gasteiger partial charge in [0, 0.05) is 39.2 Å². The molecule has 2 heterocycles. The average Bonchev–Trinajstić information content (AvgIpc) is 2.82. The fourth-order valence-electron chi connectivity index (χ4n) is 2.18. The molecule has 0 bridgehead atoms. The maximum Gasteiger partial charge on any atom is 0.242 e. The van der Waals surface area contributed by atoms with E-state index in [9.17, 15) is 9.59 Å². The summed E-state index contributed by atoms with van der Waals surface area (Å²) in [6.07, 6.45) is 0. The zero-order valence-corrected chi connectivity index (χ0v) is 11.9. The summed E-state index contributed by atoms with van der Waals surface area (Å²) >= 11 is 0. The van der Waals surface area contributed by atoms with E-state index >= 15 is 0 Å². The number of hydrogen-bond acceptors (Lipinski definition) is 5. The molecule has 0 unspecified atom stereocenters. The number of carbonyl (C=O) groups excluding carboxylic acids is 2. The van der Waals surface area contributed by atoms with Gasteiger partial charge in [0.05, 0.1) is 18.8 Å². The first-order valence-electron chi connectivity index (χ1n) is 6.71. The standard InChI is InChI=1S/C13H20N4O3/c1-10-7-12(20-15-10)9-16-3-5-17(6-4-16)13(19)8-14-11(2)18/h7H,3-6,8-9H2,1-2H3,(H,14,18). The Bertz CT molecular complexity index is 478. The number of hydrogen-bond donors (Lipinski definition) is 1. The second kappa shape index (κ2) is 6.51. The minimum Gasteiger partial charge on any atom is -0.360 e. The minimum absolute atomic E-state index is 0.0321. The molecule has 7 nitrogen and oxygen atoms in total.